The fourth-order valence-corrected chi connectivity index (χ4v) is 3.56. The van der Waals surface area contributed by atoms with Crippen molar-refractivity contribution in [1.29, 1.82) is 0 Å². The summed E-state index contributed by atoms with van der Waals surface area (Å²) in [6, 6.07) is 25.2. The molecule has 0 fully saturated rings. The van der Waals surface area contributed by atoms with Crippen molar-refractivity contribution in [3.05, 3.63) is 89.5 Å². The quantitative estimate of drug-likeness (QED) is 0.650. The van der Waals surface area contributed by atoms with E-state index >= 15 is 0 Å². The van der Waals surface area contributed by atoms with Gasteiger partial charge in [0.1, 0.15) is 17.2 Å². The molecule has 0 saturated carbocycles. The van der Waals surface area contributed by atoms with Crippen LogP contribution >= 0.6 is 0 Å². The maximum absolute atomic E-state index is 6.32. The van der Waals surface area contributed by atoms with Gasteiger partial charge < -0.3 is 9.47 Å². The molecule has 0 atom stereocenters. The first-order valence-corrected chi connectivity index (χ1v) is 9.51. The number of methoxy groups -OCH3 is 1. The lowest BCUT2D eigenvalue weighted by Gasteiger charge is -2.25. The number of ether oxygens (including phenoxy) is 2. The van der Waals surface area contributed by atoms with Crippen molar-refractivity contribution in [1.82, 2.24) is 4.90 Å². The number of fused-ring (bicyclic) bond motifs is 2. The molecule has 1 aliphatic heterocycles. The number of nitrogens with zero attached hydrogens (tertiary/aromatic N) is 1. The van der Waals surface area contributed by atoms with Gasteiger partial charge in [-0.05, 0) is 41.7 Å². The van der Waals surface area contributed by atoms with E-state index in [9.17, 15) is 0 Å². The van der Waals surface area contributed by atoms with Crippen LogP contribution in [-0.2, 0) is 19.4 Å². The molecule has 0 bridgehead atoms. The summed E-state index contributed by atoms with van der Waals surface area (Å²) in [7, 11) is 1.69. The number of rotatable bonds is 3. The minimum absolute atomic E-state index is 0.824. The predicted octanol–water partition coefficient (Wildman–Crippen LogP) is 5.09. The van der Waals surface area contributed by atoms with Gasteiger partial charge in [0, 0.05) is 25.7 Å². The van der Waals surface area contributed by atoms with Crippen molar-refractivity contribution in [2.24, 2.45) is 0 Å². The zero-order valence-corrected chi connectivity index (χ0v) is 15.7. The molecule has 4 rings (SSSR count). The fourth-order valence-electron chi connectivity index (χ4n) is 3.56. The van der Waals surface area contributed by atoms with Gasteiger partial charge in [-0.1, -0.05) is 54.6 Å². The highest BCUT2D eigenvalue weighted by Crippen LogP contribution is 2.33. The Hall–Kier alpha value is -2.78. The van der Waals surface area contributed by atoms with Crippen LogP contribution in [0.25, 0.3) is 0 Å². The molecule has 0 N–H and O–H groups in total. The van der Waals surface area contributed by atoms with E-state index < -0.39 is 0 Å². The van der Waals surface area contributed by atoms with E-state index in [0.717, 1.165) is 49.7 Å². The number of hydrogen-bond donors (Lipinski definition) is 0. The Balaban J connectivity index is 1.65. The van der Waals surface area contributed by atoms with Gasteiger partial charge in [0.15, 0.2) is 0 Å². The van der Waals surface area contributed by atoms with Gasteiger partial charge in [-0.3, -0.25) is 4.90 Å². The van der Waals surface area contributed by atoms with Gasteiger partial charge in [0.05, 0.1) is 7.11 Å². The van der Waals surface area contributed by atoms with E-state index in [-0.39, 0.29) is 0 Å². The average molecular weight is 359 g/mol. The SMILES string of the molecule is COc1ccc2c(c1)Oc1ccccc1CCN(Cc1ccccc1)CC2. The maximum Gasteiger partial charge on any atom is 0.134 e. The summed E-state index contributed by atoms with van der Waals surface area (Å²) >= 11 is 0. The summed E-state index contributed by atoms with van der Waals surface area (Å²) in [5, 5.41) is 0. The lowest BCUT2D eigenvalue weighted by Crippen LogP contribution is -2.28. The summed E-state index contributed by atoms with van der Waals surface area (Å²) in [5.74, 6) is 2.65. The summed E-state index contributed by atoms with van der Waals surface area (Å²) in [4.78, 5) is 2.53. The monoisotopic (exact) mass is 359 g/mol. The first-order chi connectivity index (χ1) is 13.3. The zero-order chi connectivity index (χ0) is 18.5. The second-order valence-corrected chi connectivity index (χ2v) is 6.95. The van der Waals surface area contributed by atoms with Crippen LogP contribution in [0.5, 0.6) is 17.2 Å². The van der Waals surface area contributed by atoms with Crippen LogP contribution in [-0.4, -0.2) is 25.1 Å². The molecule has 138 valence electrons. The van der Waals surface area contributed by atoms with E-state index in [2.05, 4.69) is 59.5 Å². The van der Waals surface area contributed by atoms with Gasteiger partial charge in [-0.25, -0.2) is 0 Å². The zero-order valence-electron chi connectivity index (χ0n) is 15.7. The van der Waals surface area contributed by atoms with E-state index in [1.165, 1.54) is 16.7 Å². The summed E-state index contributed by atoms with van der Waals surface area (Å²) in [6.07, 6.45) is 1.93. The van der Waals surface area contributed by atoms with Gasteiger partial charge in [0.25, 0.3) is 0 Å². The Morgan fingerprint density at radius 2 is 1.52 bits per heavy atom. The first kappa shape index (κ1) is 17.6. The second kappa shape index (κ2) is 8.28. The van der Waals surface area contributed by atoms with Crippen molar-refractivity contribution in [2.45, 2.75) is 19.4 Å². The Kier molecular flexibility index (Phi) is 5.40. The Morgan fingerprint density at radius 3 is 2.30 bits per heavy atom. The lowest BCUT2D eigenvalue weighted by molar-refractivity contribution is 0.268. The van der Waals surface area contributed by atoms with E-state index in [1.54, 1.807) is 7.11 Å². The van der Waals surface area contributed by atoms with Crippen molar-refractivity contribution in [2.75, 3.05) is 20.2 Å². The van der Waals surface area contributed by atoms with Crippen LogP contribution in [0.4, 0.5) is 0 Å². The van der Waals surface area contributed by atoms with Crippen LogP contribution in [0.2, 0.25) is 0 Å². The van der Waals surface area contributed by atoms with Crippen LogP contribution in [0.1, 0.15) is 16.7 Å². The van der Waals surface area contributed by atoms with Gasteiger partial charge in [0.2, 0.25) is 0 Å². The Bertz CT molecular complexity index is 892. The van der Waals surface area contributed by atoms with Gasteiger partial charge >= 0.3 is 0 Å². The number of benzene rings is 3. The third-order valence-electron chi connectivity index (χ3n) is 5.11. The molecule has 3 nitrogen and oxygen atoms in total. The molecular weight excluding hydrogens is 334 g/mol. The molecule has 3 aromatic rings. The van der Waals surface area contributed by atoms with E-state index in [1.807, 2.05) is 18.2 Å². The molecule has 0 aromatic heterocycles. The third kappa shape index (κ3) is 4.32. The van der Waals surface area contributed by atoms with Gasteiger partial charge in [-0.15, -0.1) is 0 Å². The molecule has 0 radical (unpaired) electrons. The highest BCUT2D eigenvalue weighted by molar-refractivity contribution is 5.45. The molecular formula is C24H25NO2. The summed E-state index contributed by atoms with van der Waals surface area (Å²) in [6.45, 7) is 2.98. The van der Waals surface area contributed by atoms with Crippen LogP contribution < -0.4 is 9.47 Å². The average Bonchev–Trinajstić information content (AvgIpc) is 2.72. The van der Waals surface area contributed by atoms with E-state index in [0.29, 0.717) is 0 Å². The highest BCUT2D eigenvalue weighted by Gasteiger charge is 2.15. The van der Waals surface area contributed by atoms with Crippen molar-refractivity contribution in [3.8, 4) is 17.2 Å². The maximum atomic E-state index is 6.32. The molecule has 0 amide bonds. The molecule has 0 aliphatic carbocycles. The highest BCUT2D eigenvalue weighted by atomic mass is 16.5. The molecule has 0 spiro atoms. The molecule has 3 aromatic carbocycles. The minimum Gasteiger partial charge on any atom is -0.497 e. The fraction of sp³-hybridized carbons (Fsp3) is 0.250. The number of para-hydroxylation sites is 1. The summed E-state index contributed by atoms with van der Waals surface area (Å²) in [5.41, 5.74) is 3.81. The standard InChI is InChI=1S/C24H25NO2/c1-26-22-12-11-21-14-16-25(18-19-7-3-2-4-8-19)15-13-20-9-5-6-10-23(20)27-24(21)17-22/h2-12,17H,13-16,18H2,1H3. The van der Waals surface area contributed by atoms with E-state index in [4.69, 9.17) is 9.47 Å². The predicted molar refractivity (Wildman–Crippen MR) is 109 cm³/mol. The minimum atomic E-state index is 0.824. The van der Waals surface area contributed by atoms with Crippen LogP contribution in [0.15, 0.2) is 72.8 Å². The molecule has 1 aliphatic rings. The normalized spacial score (nSPS) is 14.6. The molecule has 27 heavy (non-hydrogen) atoms. The Labute approximate surface area is 161 Å². The number of hydrogen-bond acceptors (Lipinski definition) is 3. The summed E-state index contributed by atoms with van der Waals surface area (Å²) < 4.78 is 11.7. The largest absolute Gasteiger partial charge is 0.497 e. The molecule has 1 heterocycles. The lowest BCUT2D eigenvalue weighted by atomic mass is 10.1. The Morgan fingerprint density at radius 1 is 0.815 bits per heavy atom. The smallest absolute Gasteiger partial charge is 0.134 e. The topological polar surface area (TPSA) is 21.7 Å². The second-order valence-electron chi connectivity index (χ2n) is 6.95. The molecule has 0 saturated heterocycles. The van der Waals surface area contributed by atoms with Crippen LogP contribution in [0, 0.1) is 0 Å². The van der Waals surface area contributed by atoms with Crippen LogP contribution in [0.3, 0.4) is 0 Å². The van der Waals surface area contributed by atoms with Crippen molar-refractivity contribution >= 4 is 0 Å². The third-order valence-corrected chi connectivity index (χ3v) is 5.11. The molecule has 3 heteroatoms. The molecule has 0 unspecified atom stereocenters. The van der Waals surface area contributed by atoms with Crippen molar-refractivity contribution < 1.29 is 9.47 Å². The first-order valence-electron chi connectivity index (χ1n) is 9.51. The van der Waals surface area contributed by atoms with Gasteiger partial charge in [-0.2, -0.15) is 0 Å². The van der Waals surface area contributed by atoms with Crippen molar-refractivity contribution in [3.63, 3.8) is 0 Å².